The number of benzene rings is 5. The number of carbonyl (C=O) groups is 5. The Labute approximate surface area is 414 Å². The monoisotopic (exact) mass is 972 g/mol. The molecule has 69 heavy (non-hydrogen) atoms. The zero-order valence-electron chi connectivity index (χ0n) is 40.2. The van der Waals surface area contributed by atoms with E-state index in [1.165, 1.54) is 21.6 Å². The Morgan fingerprint density at radius 2 is 1.28 bits per heavy atom. The summed E-state index contributed by atoms with van der Waals surface area (Å²) in [7, 11) is 0. The van der Waals surface area contributed by atoms with Crippen LogP contribution >= 0.6 is 23.5 Å². The summed E-state index contributed by atoms with van der Waals surface area (Å²) < 4.78 is 11.1. The van der Waals surface area contributed by atoms with Crippen LogP contribution in [0.25, 0.3) is 0 Å². The summed E-state index contributed by atoms with van der Waals surface area (Å²) in [6.07, 6.45) is 0.682. The first-order valence-electron chi connectivity index (χ1n) is 23.3. The van der Waals surface area contributed by atoms with Crippen molar-refractivity contribution >= 4 is 53.5 Å². The van der Waals surface area contributed by atoms with Gasteiger partial charge in [-0.1, -0.05) is 159 Å². The minimum atomic E-state index is -1.21. The summed E-state index contributed by atoms with van der Waals surface area (Å²) in [5.74, 6) is -2.12. The van der Waals surface area contributed by atoms with E-state index in [9.17, 15) is 24.3 Å². The lowest BCUT2D eigenvalue weighted by atomic mass is 9.84. The molecule has 0 spiro atoms. The quantitative estimate of drug-likeness (QED) is 0.0643. The Morgan fingerprint density at radius 3 is 1.78 bits per heavy atom. The molecule has 5 aromatic rings. The number of thioether (sulfide) groups is 2. The molecule has 3 N–H and O–H groups in total. The molecule has 364 valence electrons. The number of amides is 4. The third-order valence-electron chi connectivity index (χ3n) is 11.9. The van der Waals surface area contributed by atoms with Crippen molar-refractivity contribution in [1.29, 1.82) is 0 Å². The van der Waals surface area contributed by atoms with Crippen LogP contribution in [0.5, 0.6) is 0 Å². The maximum atomic E-state index is 15.6. The first-order valence-corrected chi connectivity index (χ1v) is 25.7. The van der Waals surface area contributed by atoms with Crippen molar-refractivity contribution in [3.05, 3.63) is 179 Å². The number of aliphatic carboxylic acids is 1. The predicted octanol–water partition coefficient (Wildman–Crippen LogP) is 9.54. The second kappa shape index (κ2) is 24.3. The lowest BCUT2D eigenvalue weighted by Gasteiger charge is -2.42. The summed E-state index contributed by atoms with van der Waals surface area (Å²) in [5, 5.41) is 15.9. The fourth-order valence-corrected chi connectivity index (χ4v) is 10.7. The highest BCUT2D eigenvalue weighted by atomic mass is 32.2. The number of rotatable bonds is 20. The van der Waals surface area contributed by atoms with E-state index in [0.717, 1.165) is 33.4 Å². The van der Waals surface area contributed by atoms with Gasteiger partial charge in [0, 0.05) is 25.3 Å². The van der Waals surface area contributed by atoms with Gasteiger partial charge in [0.1, 0.15) is 30.3 Å². The molecule has 14 heteroatoms. The Morgan fingerprint density at radius 1 is 0.754 bits per heavy atom. The number of nitrogens with one attached hydrogen (secondary N) is 2. The maximum Gasteiger partial charge on any atom is 0.410 e. The standard InChI is InChI=1S/C55H64N4O8S2/c1-38(2)48(50(61)58-34-41-24-20-19-23-40(41)33-47(58)49(60)57-46(51(62)63)31-32-68-6)59(53(65)66-36-39-21-11-7-12-22-39)35-45(56-52(64)67-54(3,4)5)37-69-55(42-25-13-8-14-26-42,43-27-15-9-16-28-43)44-29-17-10-18-30-44/h7-30,38,45-48H,31-37H2,1-6H3,(H,56,64)(H,57,60)(H,62,63)/t45?,46?,47?,48-/m0/s1. The van der Waals surface area contributed by atoms with Gasteiger partial charge in [0.25, 0.3) is 0 Å². The molecule has 5 aromatic carbocycles. The molecule has 0 saturated carbocycles. The van der Waals surface area contributed by atoms with E-state index in [4.69, 9.17) is 9.47 Å². The second-order valence-corrected chi connectivity index (χ2v) is 20.7. The number of ether oxygens (including phenoxy) is 2. The normalized spacial score (nSPS) is 14.9. The average Bonchev–Trinajstić information content (AvgIpc) is 3.34. The summed E-state index contributed by atoms with van der Waals surface area (Å²) in [5.41, 5.74) is 4.53. The van der Waals surface area contributed by atoms with Gasteiger partial charge in [0.2, 0.25) is 11.8 Å². The molecule has 0 saturated heterocycles. The van der Waals surface area contributed by atoms with Crippen LogP contribution in [-0.4, -0.2) is 99.0 Å². The second-order valence-electron chi connectivity index (χ2n) is 18.5. The van der Waals surface area contributed by atoms with Gasteiger partial charge in [-0.25, -0.2) is 14.4 Å². The van der Waals surface area contributed by atoms with Gasteiger partial charge >= 0.3 is 18.2 Å². The van der Waals surface area contributed by atoms with Crippen molar-refractivity contribution in [2.24, 2.45) is 5.92 Å². The van der Waals surface area contributed by atoms with Gasteiger partial charge in [-0.2, -0.15) is 11.8 Å². The molecular weight excluding hydrogens is 909 g/mol. The first kappa shape index (κ1) is 52.1. The van der Waals surface area contributed by atoms with Crippen molar-refractivity contribution in [2.75, 3.05) is 24.3 Å². The van der Waals surface area contributed by atoms with E-state index in [2.05, 4.69) is 47.0 Å². The fraction of sp³-hybridized carbons (Fsp3) is 0.364. The molecule has 0 radical (unpaired) electrons. The summed E-state index contributed by atoms with van der Waals surface area (Å²) in [6.45, 7) is 8.71. The molecule has 1 aliphatic rings. The number of hydrogen-bond acceptors (Lipinski definition) is 9. The molecule has 0 aliphatic carbocycles. The van der Waals surface area contributed by atoms with E-state index in [1.54, 1.807) is 32.5 Å². The molecule has 1 heterocycles. The van der Waals surface area contributed by atoms with E-state index in [-0.39, 0.29) is 38.3 Å². The number of hydrogen-bond donors (Lipinski definition) is 3. The van der Waals surface area contributed by atoms with Crippen LogP contribution < -0.4 is 10.6 Å². The number of carboxylic acid groups (broad SMARTS) is 1. The van der Waals surface area contributed by atoms with Crippen molar-refractivity contribution in [1.82, 2.24) is 20.4 Å². The minimum absolute atomic E-state index is 0.0367. The van der Waals surface area contributed by atoms with E-state index in [0.29, 0.717) is 5.75 Å². The van der Waals surface area contributed by atoms with Crippen molar-refractivity contribution in [2.45, 2.75) is 95.1 Å². The molecule has 3 unspecified atom stereocenters. The number of fused-ring (bicyclic) bond motifs is 1. The number of carbonyl (C=O) groups excluding carboxylic acids is 4. The van der Waals surface area contributed by atoms with Crippen LogP contribution in [0, 0.1) is 5.92 Å². The Balaban J connectivity index is 1.44. The number of nitrogens with zero attached hydrogens (tertiary/aromatic N) is 2. The smallest absolute Gasteiger partial charge is 0.410 e. The third-order valence-corrected chi connectivity index (χ3v) is 14.3. The Kier molecular flexibility index (Phi) is 18.4. The molecule has 0 aromatic heterocycles. The number of alkyl carbamates (subject to hydrolysis) is 1. The van der Waals surface area contributed by atoms with Crippen LogP contribution in [0.3, 0.4) is 0 Å². The molecule has 4 amide bonds. The molecule has 0 bridgehead atoms. The predicted molar refractivity (Wildman–Crippen MR) is 274 cm³/mol. The largest absolute Gasteiger partial charge is 0.480 e. The zero-order chi connectivity index (χ0) is 49.6. The van der Waals surface area contributed by atoms with E-state index >= 15 is 4.79 Å². The van der Waals surface area contributed by atoms with Gasteiger partial charge < -0.3 is 30.1 Å². The Hall–Kier alpha value is -6.25. The van der Waals surface area contributed by atoms with Crippen molar-refractivity contribution < 1.29 is 38.6 Å². The highest BCUT2D eigenvalue weighted by Crippen LogP contribution is 2.48. The fourth-order valence-electron chi connectivity index (χ4n) is 8.65. The molecular formula is C55H64N4O8S2. The Bertz CT molecular complexity index is 2380. The lowest BCUT2D eigenvalue weighted by Crippen LogP contribution is -2.62. The van der Waals surface area contributed by atoms with Crippen LogP contribution in [0.1, 0.15) is 74.4 Å². The van der Waals surface area contributed by atoms with Crippen LogP contribution in [0.15, 0.2) is 146 Å². The molecule has 4 atom stereocenters. The van der Waals surface area contributed by atoms with Crippen molar-refractivity contribution in [3.63, 3.8) is 0 Å². The van der Waals surface area contributed by atoms with Gasteiger partial charge in [-0.15, -0.1) is 11.8 Å². The minimum Gasteiger partial charge on any atom is -0.480 e. The number of carboxylic acids is 1. The molecule has 12 nitrogen and oxygen atoms in total. The molecule has 0 fully saturated rings. The molecule has 1 aliphatic heterocycles. The average molecular weight is 973 g/mol. The van der Waals surface area contributed by atoms with Crippen molar-refractivity contribution in [3.8, 4) is 0 Å². The third kappa shape index (κ3) is 13.7. The van der Waals surface area contributed by atoms with Crippen LogP contribution in [-0.2, 0) is 48.2 Å². The van der Waals surface area contributed by atoms with Gasteiger partial charge in [-0.05, 0) is 78.5 Å². The van der Waals surface area contributed by atoms with Gasteiger partial charge in [0.05, 0.1) is 10.8 Å². The maximum absolute atomic E-state index is 15.6. The highest BCUT2D eigenvalue weighted by molar-refractivity contribution is 8.00. The van der Waals surface area contributed by atoms with E-state index < -0.39 is 70.4 Å². The summed E-state index contributed by atoms with van der Waals surface area (Å²) in [6, 6.07) is 42.8. The van der Waals surface area contributed by atoms with Gasteiger partial charge in [-0.3, -0.25) is 14.5 Å². The topological polar surface area (TPSA) is 155 Å². The summed E-state index contributed by atoms with van der Waals surface area (Å²) in [4.78, 5) is 74.0. The zero-order valence-corrected chi connectivity index (χ0v) is 41.8. The van der Waals surface area contributed by atoms with Crippen LogP contribution in [0.4, 0.5) is 9.59 Å². The van der Waals surface area contributed by atoms with E-state index in [1.807, 2.05) is 129 Å². The summed E-state index contributed by atoms with van der Waals surface area (Å²) >= 11 is 3.05. The van der Waals surface area contributed by atoms with Crippen LogP contribution in [0.2, 0.25) is 0 Å². The molecule has 6 rings (SSSR count). The SMILES string of the molecule is CSCCC(NC(=O)C1Cc2ccccc2CN1C(=O)[C@H](C(C)C)N(CC(CSC(c1ccccc1)(c1ccccc1)c1ccccc1)NC(=O)OC(C)(C)C)C(=O)OCc1ccccc1)C(=O)O. The van der Waals surface area contributed by atoms with Gasteiger partial charge in [0.15, 0.2) is 0 Å². The highest BCUT2D eigenvalue weighted by Gasteiger charge is 2.45. The lowest BCUT2D eigenvalue weighted by molar-refractivity contribution is -0.148. The first-order chi connectivity index (χ1) is 33.1.